The molecule has 4 N–H and O–H groups in total. The molecule has 0 aromatic carbocycles. The first-order chi connectivity index (χ1) is 8.75. The standard InChI is InChI=1S/C12H18N4O2.HI/c13-12(14)16-5-10-1-3-15-6-11(10)18-8-9-2-4-17-7-9;/h1,3,6,9H,2,4-5,7-8H2,(H4,13,14,16);1H. The van der Waals surface area contributed by atoms with Crippen LogP contribution in [-0.2, 0) is 11.3 Å². The van der Waals surface area contributed by atoms with Crippen LogP contribution in [0.5, 0.6) is 5.75 Å². The van der Waals surface area contributed by atoms with Crippen molar-refractivity contribution in [2.75, 3.05) is 19.8 Å². The van der Waals surface area contributed by atoms with E-state index in [1.54, 1.807) is 12.4 Å². The van der Waals surface area contributed by atoms with Gasteiger partial charge in [-0.1, -0.05) is 0 Å². The lowest BCUT2D eigenvalue weighted by Gasteiger charge is -2.12. The zero-order valence-corrected chi connectivity index (χ0v) is 12.9. The maximum Gasteiger partial charge on any atom is 0.186 e. The molecule has 6 nitrogen and oxygen atoms in total. The Labute approximate surface area is 129 Å². The summed E-state index contributed by atoms with van der Waals surface area (Å²) in [6.07, 6.45) is 4.43. The van der Waals surface area contributed by atoms with Gasteiger partial charge in [0.15, 0.2) is 5.96 Å². The first-order valence-corrected chi connectivity index (χ1v) is 5.94. The number of hydrogen-bond donors (Lipinski definition) is 2. The van der Waals surface area contributed by atoms with Gasteiger partial charge in [0, 0.05) is 24.3 Å². The summed E-state index contributed by atoms with van der Waals surface area (Å²) >= 11 is 0. The molecule has 1 aromatic rings. The number of pyridine rings is 1. The van der Waals surface area contributed by atoms with Gasteiger partial charge >= 0.3 is 0 Å². The summed E-state index contributed by atoms with van der Waals surface area (Å²) in [5.74, 6) is 1.26. The fourth-order valence-corrected chi connectivity index (χ4v) is 1.77. The molecule has 1 atom stereocenters. The smallest absolute Gasteiger partial charge is 0.186 e. The van der Waals surface area contributed by atoms with Crippen molar-refractivity contribution in [3.63, 3.8) is 0 Å². The summed E-state index contributed by atoms with van der Waals surface area (Å²) in [6.45, 7) is 2.63. The molecule has 1 fully saturated rings. The largest absolute Gasteiger partial charge is 0.491 e. The summed E-state index contributed by atoms with van der Waals surface area (Å²) in [5.41, 5.74) is 11.6. The van der Waals surface area contributed by atoms with Gasteiger partial charge in [-0.2, -0.15) is 0 Å². The van der Waals surface area contributed by atoms with Crippen LogP contribution in [0, 0.1) is 5.92 Å². The number of guanidine groups is 1. The summed E-state index contributed by atoms with van der Waals surface area (Å²) < 4.78 is 11.1. The van der Waals surface area contributed by atoms with Crippen LogP contribution in [0.2, 0.25) is 0 Å². The third-order valence-corrected chi connectivity index (χ3v) is 2.80. The SMILES string of the molecule is I.NC(N)=NCc1ccncc1OCC1CCOC1. The van der Waals surface area contributed by atoms with Gasteiger partial charge in [-0.3, -0.25) is 4.98 Å². The van der Waals surface area contributed by atoms with Crippen molar-refractivity contribution < 1.29 is 9.47 Å². The fourth-order valence-electron chi connectivity index (χ4n) is 1.77. The molecule has 1 aliphatic heterocycles. The fraction of sp³-hybridized carbons (Fsp3) is 0.500. The molecule has 1 unspecified atom stereocenters. The van der Waals surface area contributed by atoms with Crippen LogP contribution in [-0.4, -0.2) is 30.8 Å². The number of rotatable bonds is 5. The van der Waals surface area contributed by atoms with E-state index in [1.165, 1.54) is 0 Å². The predicted octanol–water partition coefficient (Wildman–Crippen LogP) is 0.888. The lowest BCUT2D eigenvalue weighted by molar-refractivity contribution is 0.166. The highest BCUT2D eigenvalue weighted by Crippen LogP contribution is 2.20. The van der Waals surface area contributed by atoms with Crippen molar-refractivity contribution in [3.8, 4) is 5.75 Å². The van der Waals surface area contributed by atoms with Crippen LogP contribution in [0.4, 0.5) is 0 Å². The van der Waals surface area contributed by atoms with Crippen LogP contribution < -0.4 is 16.2 Å². The van der Waals surface area contributed by atoms with Crippen LogP contribution in [0.3, 0.4) is 0 Å². The minimum absolute atomic E-state index is 0. The maximum atomic E-state index is 5.76. The molecule has 19 heavy (non-hydrogen) atoms. The van der Waals surface area contributed by atoms with Gasteiger partial charge in [-0.25, -0.2) is 4.99 Å². The number of aliphatic imine (C=N–C) groups is 1. The predicted molar refractivity (Wildman–Crippen MR) is 83.6 cm³/mol. The maximum absolute atomic E-state index is 5.76. The van der Waals surface area contributed by atoms with Gasteiger partial charge in [-0.05, 0) is 12.5 Å². The van der Waals surface area contributed by atoms with Crippen molar-refractivity contribution in [1.82, 2.24) is 4.98 Å². The van der Waals surface area contributed by atoms with Gasteiger partial charge in [0.25, 0.3) is 0 Å². The van der Waals surface area contributed by atoms with Gasteiger partial charge in [0.05, 0.1) is 26.0 Å². The van der Waals surface area contributed by atoms with Crippen LogP contribution in [0.15, 0.2) is 23.5 Å². The van der Waals surface area contributed by atoms with Crippen molar-refractivity contribution in [3.05, 3.63) is 24.0 Å². The molecular weight excluding hydrogens is 359 g/mol. The van der Waals surface area contributed by atoms with Crippen molar-refractivity contribution in [2.24, 2.45) is 22.4 Å². The van der Waals surface area contributed by atoms with E-state index in [1.807, 2.05) is 6.07 Å². The number of aromatic nitrogens is 1. The molecule has 1 saturated heterocycles. The first kappa shape index (κ1) is 16.0. The Hall–Kier alpha value is -1.09. The van der Waals surface area contributed by atoms with Gasteiger partial charge in [0.1, 0.15) is 5.75 Å². The Kier molecular flexibility index (Phi) is 6.85. The molecule has 0 radical (unpaired) electrons. The minimum Gasteiger partial charge on any atom is -0.491 e. The van der Waals surface area contributed by atoms with E-state index in [2.05, 4.69) is 9.98 Å². The highest BCUT2D eigenvalue weighted by Gasteiger charge is 2.16. The summed E-state index contributed by atoms with van der Waals surface area (Å²) in [6, 6.07) is 1.85. The number of hydrogen-bond acceptors (Lipinski definition) is 4. The van der Waals surface area contributed by atoms with Crippen molar-refractivity contribution in [2.45, 2.75) is 13.0 Å². The van der Waals surface area contributed by atoms with Crippen molar-refractivity contribution in [1.29, 1.82) is 0 Å². The highest BCUT2D eigenvalue weighted by atomic mass is 127. The summed E-state index contributed by atoms with van der Waals surface area (Å²) in [7, 11) is 0. The van der Waals surface area contributed by atoms with E-state index in [-0.39, 0.29) is 29.9 Å². The second-order valence-electron chi connectivity index (χ2n) is 4.27. The van der Waals surface area contributed by atoms with E-state index in [9.17, 15) is 0 Å². The Bertz CT molecular complexity index is 418. The van der Waals surface area contributed by atoms with E-state index < -0.39 is 0 Å². The number of nitrogens with two attached hydrogens (primary N) is 2. The molecular formula is C12H19IN4O2. The van der Waals surface area contributed by atoms with E-state index >= 15 is 0 Å². The topological polar surface area (TPSA) is 95.8 Å². The number of ether oxygens (including phenoxy) is 2. The molecule has 2 rings (SSSR count). The molecule has 2 heterocycles. The summed E-state index contributed by atoms with van der Waals surface area (Å²) in [5, 5.41) is 0. The van der Waals surface area contributed by atoms with E-state index in [4.69, 9.17) is 20.9 Å². The zero-order chi connectivity index (χ0) is 12.8. The second kappa shape index (κ2) is 8.16. The molecule has 0 spiro atoms. The minimum atomic E-state index is 0. The normalized spacial score (nSPS) is 17.6. The van der Waals surface area contributed by atoms with E-state index in [0.29, 0.717) is 19.1 Å². The average molecular weight is 378 g/mol. The molecule has 0 saturated carbocycles. The highest BCUT2D eigenvalue weighted by molar-refractivity contribution is 14.0. The molecule has 0 aliphatic carbocycles. The van der Waals surface area contributed by atoms with Gasteiger partial charge < -0.3 is 20.9 Å². The third kappa shape index (κ3) is 5.19. The lowest BCUT2D eigenvalue weighted by Crippen LogP contribution is -2.22. The van der Waals surface area contributed by atoms with Crippen LogP contribution in [0.1, 0.15) is 12.0 Å². The third-order valence-electron chi connectivity index (χ3n) is 2.80. The lowest BCUT2D eigenvalue weighted by atomic mass is 10.1. The Balaban J connectivity index is 0.00000180. The monoisotopic (exact) mass is 378 g/mol. The van der Waals surface area contributed by atoms with Gasteiger partial charge in [0.2, 0.25) is 0 Å². The quantitative estimate of drug-likeness (QED) is 0.451. The Morgan fingerprint density at radius 2 is 2.37 bits per heavy atom. The molecule has 1 aromatic heterocycles. The van der Waals surface area contributed by atoms with Crippen molar-refractivity contribution >= 4 is 29.9 Å². The number of nitrogens with zero attached hydrogens (tertiary/aromatic N) is 2. The summed E-state index contributed by atoms with van der Waals surface area (Å²) in [4.78, 5) is 8.03. The van der Waals surface area contributed by atoms with E-state index in [0.717, 1.165) is 30.9 Å². The molecule has 0 bridgehead atoms. The molecule has 7 heteroatoms. The number of halogens is 1. The Morgan fingerprint density at radius 3 is 3.05 bits per heavy atom. The first-order valence-electron chi connectivity index (χ1n) is 5.94. The van der Waals surface area contributed by atoms with Crippen LogP contribution in [0.25, 0.3) is 0 Å². The average Bonchev–Trinajstić information content (AvgIpc) is 2.88. The zero-order valence-electron chi connectivity index (χ0n) is 10.6. The van der Waals surface area contributed by atoms with Crippen LogP contribution >= 0.6 is 24.0 Å². The molecule has 106 valence electrons. The molecule has 1 aliphatic rings. The van der Waals surface area contributed by atoms with Gasteiger partial charge in [-0.15, -0.1) is 24.0 Å². The Morgan fingerprint density at radius 1 is 1.53 bits per heavy atom. The molecule has 0 amide bonds. The second-order valence-corrected chi connectivity index (χ2v) is 4.27.